The molecule has 106 valence electrons. The highest BCUT2D eigenvalue weighted by atomic mass is 32.2. The highest BCUT2D eigenvalue weighted by Crippen LogP contribution is 2.16. The number of amidine groups is 1. The number of nitrogens with zero attached hydrogens (tertiary/aromatic N) is 1. The van der Waals surface area contributed by atoms with E-state index in [-0.39, 0.29) is 12.3 Å². The van der Waals surface area contributed by atoms with Crippen LogP contribution in [0.4, 0.5) is 8.78 Å². The average Bonchev–Trinajstić information content (AvgIpc) is 2.34. The fourth-order valence-corrected chi connectivity index (χ4v) is 2.72. The topological polar surface area (TPSA) is 105 Å². The van der Waals surface area contributed by atoms with Gasteiger partial charge in [-0.3, -0.25) is 0 Å². The van der Waals surface area contributed by atoms with Crippen molar-refractivity contribution in [2.45, 2.75) is 24.3 Å². The zero-order valence-corrected chi connectivity index (χ0v) is 10.8. The summed E-state index contributed by atoms with van der Waals surface area (Å²) in [6.45, 7) is 1.59. The molecule has 0 aromatic heterocycles. The van der Waals surface area contributed by atoms with E-state index in [1.165, 1.54) is 0 Å². The van der Waals surface area contributed by atoms with E-state index in [4.69, 9.17) is 10.9 Å². The predicted octanol–water partition coefficient (Wildman–Crippen LogP) is 0.768. The van der Waals surface area contributed by atoms with E-state index in [0.29, 0.717) is 6.07 Å². The van der Waals surface area contributed by atoms with Gasteiger partial charge in [-0.05, 0) is 18.6 Å². The van der Waals surface area contributed by atoms with Gasteiger partial charge in [0.2, 0.25) is 10.0 Å². The number of rotatable bonds is 5. The number of benzene rings is 1. The van der Waals surface area contributed by atoms with Gasteiger partial charge < -0.3 is 10.9 Å². The van der Waals surface area contributed by atoms with Crippen molar-refractivity contribution in [3.8, 4) is 0 Å². The van der Waals surface area contributed by atoms with E-state index in [1.54, 1.807) is 6.92 Å². The SMILES string of the molecule is CCC(NS(=O)(=O)c1ccc(F)cc1F)/C(N)=N/O. The molecule has 0 amide bonds. The van der Waals surface area contributed by atoms with Crippen LogP contribution in [0.1, 0.15) is 13.3 Å². The van der Waals surface area contributed by atoms with Crippen molar-refractivity contribution in [1.82, 2.24) is 4.72 Å². The minimum absolute atomic E-state index is 0.192. The Morgan fingerprint density at radius 3 is 2.63 bits per heavy atom. The number of oxime groups is 1. The molecule has 0 aliphatic carbocycles. The third-order valence-corrected chi connectivity index (χ3v) is 3.87. The fraction of sp³-hybridized carbons (Fsp3) is 0.300. The molecule has 0 fully saturated rings. The van der Waals surface area contributed by atoms with Gasteiger partial charge in [-0.15, -0.1) is 0 Å². The number of nitrogens with two attached hydrogens (primary N) is 1. The summed E-state index contributed by atoms with van der Waals surface area (Å²) in [7, 11) is -4.24. The van der Waals surface area contributed by atoms with E-state index in [2.05, 4.69) is 9.88 Å². The first-order valence-corrected chi connectivity index (χ1v) is 6.75. The van der Waals surface area contributed by atoms with Crippen LogP contribution < -0.4 is 10.5 Å². The molecule has 1 unspecified atom stereocenters. The molecular weight excluding hydrogens is 280 g/mol. The molecule has 0 bridgehead atoms. The Labute approximate surface area is 109 Å². The largest absolute Gasteiger partial charge is 0.409 e. The first kappa shape index (κ1) is 15.3. The number of halogens is 2. The van der Waals surface area contributed by atoms with Gasteiger partial charge in [-0.25, -0.2) is 21.9 Å². The van der Waals surface area contributed by atoms with E-state index in [0.717, 1.165) is 12.1 Å². The lowest BCUT2D eigenvalue weighted by Crippen LogP contribution is -2.44. The van der Waals surface area contributed by atoms with Crippen LogP contribution in [0.2, 0.25) is 0 Å². The summed E-state index contributed by atoms with van der Waals surface area (Å²) in [6, 6.07) is 1.09. The lowest BCUT2D eigenvalue weighted by Gasteiger charge is -2.15. The summed E-state index contributed by atoms with van der Waals surface area (Å²) in [5, 5.41) is 11.2. The van der Waals surface area contributed by atoms with E-state index in [9.17, 15) is 17.2 Å². The van der Waals surface area contributed by atoms with Gasteiger partial charge >= 0.3 is 0 Å². The quantitative estimate of drug-likeness (QED) is 0.323. The number of nitrogens with one attached hydrogen (secondary N) is 1. The third-order valence-electron chi connectivity index (χ3n) is 2.36. The Hall–Kier alpha value is -1.74. The summed E-state index contributed by atoms with van der Waals surface area (Å²) in [5.74, 6) is -2.46. The molecule has 0 radical (unpaired) electrons. The van der Waals surface area contributed by atoms with Crippen molar-refractivity contribution >= 4 is 15.9 Å². The van der Waals surface area contributed by atoms with Crippen LogP contribution in [-0.2, 0) is 10.0 Å². The maximum atomic E-state index is 13.4. The van der Waals surface area contributed by atoms with Crippen LogP contribution in [0.25, 0.3) is 0 Å². The molecule has 6 nitrogen and oxygen atoms in total. The minimum atomic E-state index is -4.24. The summed E-state index contributed by atoms with van der Waals surface area (Å²) in [4.78, 5) is -0.710. The molecule has 0 saturated carbocycles. The smallest absolute Gasteiger partial charge is 0.244 e. The molecule has 4 N–H and O–H groups in total. The zero-order chi connectivity index (χ0) is 14.6. The van der Waals surface area contributed by atoms with Gasteiger partial charge in [-0.1, -0.05) is 12.1 Å². The molecule has 1 atom stereocenters. The van der Waals surface area contributed by atoms with Gasteiger partial charge in [0.05, 0.1) is 6.04 Å². The molecule has 1 aromatic carbocycles. The molecule has 9 heteroatoms. The second-order valence-corrected chi connectivity index (χ2v) is 5.36. The molecule has 0 saturated heterocycles. The maximum Gasteiger partial charge on any atom is 0.244 e. The van der Waals surface area contributed by atoms with Crippen LogP contribution in [0, 0.1) is 11.6 Å². The summed E-state index contributed by atoms with van der Waals surface area (Å²) >= 11 is 0. The van der Waals surface area contributed by atoms with Crippen LogP contribution in [-0.4, -0.2) is 25.5 Å². The minimum Gasteiger partial charge on any atom is -0.409 e. The molecule has 1 aromatic rings. The second kappa shape index (κ2) is 5.93. The van der Waals surface area contributed by atoms with Crippen LogP contribution in [0.5, 0.6) is 0 Å². The number of sulfonamides is 1. The molecule has 0 aliphatic rings. The first-order valence-electron chi connectivity index (χ1n) is 5.26. The van der Waals surface area contributed by atoms with Crippen LogP contribution in [0.3, 0.4) is 0 Å². The van der Waals surface area contributed by atoms with Crippen molar-refractivity contribution < 1.29 is 22.4 Å². The van der Waals surface area contributed by atoms with E-state index in [1.807, 2.05) is 0 Å². The van der Waals surface area contributed by atoms with Crippen molar-refractivity contribution in [2.24, 2.45) is 10.9 Å². The van der Waals surface area contributed by atoms with Gasteiger partial charge in [0.15, 0.2) is 5.84 Å². The lowest BCUT2D eigenvalue weighted by atomic mass is 10.2. The van der Waals surface area contributed by atoms with Gasteiger partial charge in [0, 0.05) is 6.07 Å². The average molecular weight is 293 g/mol. The molecule has 0 heterocycles. The Balaban J connectivity index is 3.11. The van der Waals surface area contributed by atoms with Crippen molar-refractivity contribution in [1.29, 1.82) is 0 Å². The van der Waals surface area contributed by atoms with Crippen LogP contribution in [0.15, 0.2) is 28.3 Å². The molecule has 0 aliphatic heterocycles. The standard InChI is InChI=1S/C10H13F2N3O3S/c1-2-8(10(13)14-16)15-19(17,18)9-4-3-6(11)5-7(9)12/h3-5,8,15-16H,2H2,1H3,(H2,13,14). The fourth-order valence-electron chi connectivity index (χ4n) is 1.37. The van der Waals surface area contributed by atoms with Crippen LogP contribution >= 0.6 is 0 Å². The van der Waals surface area contributed by atoms with Crippen molar-refractivity contribution in [3.63, 3.8) is 0 Å². The molecular formula is C10H13F2N3O3S. The predicted molar refractivity (Wildman–Crippen MR) is 64.2 cm³/mol. The number of hydrogen-bond acceptors (Lipinski definition) is 4. The maximum absolute atomic E-state index is 13.4. The normalized spacial score (nSPS) is 14.4. The monoisotopic (exact) mass is 293 g/mol. The first-order chi connectivity index (χ1) is 8.81. The Kier molecular flexibility index (Phi) is 4.78. The Bertz CT molecular complexity index is 590. The molecule has 0 spiro atoms. The van der Waals surface area contributed by atoms with Crippen molar-refractivity contribution in [3.05, 3.63) is 29.8 Å². The van der Waals surface area contributed by atoms with Gasteiger partial charge in [0.25, 0.3) is 0 Å². The second-order valence-electron chi connectivity index (χ2n) is 3.68. The highest BCUT2D eigenvalue weighted by molar-refractivity contribution is 7.89. The highest BCUT2D eigenvalue weighted by Gasteiger charge is 2.24. The van der Waals surface area contributed by atoms with Crippen molar-refractivity contribution in [2.75, 3.05) is 0 Å². The third kappa shape index (κ3) is 3.61. The summed E-state index contributed by atoms with van der Waals surface area (Å²) < 4.78 is 52.0. The number of hydrogen-bond donors (Lipinski definition) is 3. The Morgan fingerprint density at radius 2 is 2.16 bits per heavy atom. The van der Waals surface area contributed by atoms with E-state index >= 15 is 0 Å². The van der Waals surface area contributed by atoms with E-state index < -0.39 is 32.6 Å². The molecule has 1 rings (SSSR count). The Morgan fingerprint density at radius 1 is 1.53 bits per heavy atom. The van der Waals surface area contributed by atoms with Gasteiger partial charge in [-0.2, -0.15) is 0 Å². The summed E-state index contributed by atoms with van der Waals surface area (Å²) in [5.41, 5.74) is 5.29. The molecule has 19 heavy (non-hydrogen) atoms. The van der Waals surface area contributed by atoms with Gasteiger partial charge in [0.1, 0.15) is 16.5 Å². The zero-order valence-electron chi connectivity index (χ0n) is 9.97. The lowest BCUT2D eigenvalue weighted by molar-refractivity contribution is 0.315. The summed E-state index contributed by atoms with van der Waals surface area (Å²) in [6.07, 6.45) is 0.192.